The van der Waals surface area contributed by atoms with Gasteiger partial charge >= 0.3 is 0 Å². The van der Waals surface area contributed by atoms with Gasteiger partial charge in [-0.2, -0.15) is 5.26 Å². The van der Waals surface area contributed by atoms with Gasteiger partial charge in [0.1, 0.15) is 5.82 Å². The number of aromatic amines is 1. The lowest BCUT2D eigenvalue weighted by Gasteiger charge is -2.15. The molecule has 7 heteroatoms. The van der Waals surface area contributed by atoms with E-state index in [-0.39, 0.29) is 10.6 Å². The van der Waals surface area contributed by atoms with Gasteiger partial charge in [-0.15, -0.1) is 0 Å². The molecular formula is C31H35ClF3N3. The number of aryl methyl sites for hydroxylation is 1. The van der Waals surface area contributed by atoms with E-state index >= 15 is 0 Å². The van der Waals surface area contributed by atoms with Crippen LogP contribution in [0.5, 0.6) is 0 Å². The molecule has 1 N–H and O–H groups in total. The zero-order chi connectivity index (χ0) is 28.4. The van der Waals surface area contributed by atoms with E-state index in [9.17, 15) is 13.2 Å². The summed E-state index contributed by atoms with van der Waals surface area (Å²) in [5.41, 5.74) is 5.21. The summed E-state index contributed by atoms with van der Waals surface area (Å²) in [6.07, 6.45) is 7.52. The number of hydrogen-bond acceptors (Lipinski definition) is 2. The van der Waals surface area contributed by atoms with Gasteiger partial charge in [-0.3, -0.25) is 4.99 Å². The first-order valence-corrected chi connectivity index (χ1v) is 13.2. The number of allylic oxidation sites excluding steroid dienone is 4. The van der Waals surface area contributed by atoms with Crippen LogP contribution in [0.4, 0.5) is 13.2 Å². The zero-order valence-corrected chi connectivity index (χ0v) is 23.6. The molecule has 0 spiro atoms. The standard InChI is InChI=1S/C20H19ClF3N.C11H16N2/c1-3-4-6-13-14-9-15(21)17(23)10-18(14)25-20(13)11(2)12-7-5-8-16(22)19(12)24;1-5-6-10(3)13-11(4)7-9(2)8-12/h5,7-11,25H,3-4,6H2,1-2H3;6-7H,5H2,1-4H3/b;9-7+,10-6+,13-11+. The highest BCUT2D eigenvalue weighted by molar-refractivity contribution is 6.31. The van der Waals surface area contributed by atoms with Crippen molar-refractivity contribution in [1.29, 1.82) is 5.26 Å². The molecule has 0 aliphatic heterocycles. The van der Waals surface area contributed by atoms with E-state index in [2.05, 4.69) is 36.0 Å². The maximum absolute atomic E-state index is 14.2. The van der Waals surface area contributed by atoms with Gasteiger partial charge in [-0.1, -0.05) is 57.0 Å². The molecule has 0 aliphatic rings. The molecule has 202 valence electrons. The average molecular weight is 542 g/mol. The second-order valence-corrected chi connectivity index (χ2v) is 9.65. The SMILES string of the molecule is CC/C=C(C)/N=C(C)/C=C(\C)C#N.CCCCc1c(C(C)c2cccc(F)c2F)[nH]c2cc(F)c(Cl)cc12. The van der Waals surface area contributed by atoms with Crippen LogP contribution in [0.3, 0.4) is 0 Å². The molecule has 1 aromatic heterocycles. The quantitative estimate of drug-likeness (QED) is 0.224. The van der Waals surface area contributed by atoms with E-state index in [4.69, 9.17) is 16.9 Å². The second kappa shape index (κ2) is 14.6. The highest BCUT2D eigenvalue weighted by Gasteiger charge is 2.22. The Labute approximate surface area is 228 Å². The summed E-state index contributed by atoms with van der Waals surface area (Å²) < 4.78 is 41.7. The lowest BCUT2D eigenvalue weighted by molar-refractivity contribution is 0.495. The first-order chi connectivity index (χ1) is 18.0. The summed E-state index contributed by atoms with van der Waals surface area (Å²) in [6.45, 7) is 11.6. The van der Waals surface area contributed by atoms with Crippen molar-refractivity contribution in [2.45, 2.75) is 73.1 Å². The molecule has 0 aliphatic carbocycles. The smallest absolute Gasteiger partial charge is 0.162 e. The summed E-state index contributed by atoms with van der Waals surface area (Å²) in [5.74, 6) is -2.62. The number of nitrogens with zero attached hydrogens (tertiary/aromatic N) is 2. The number of nitriles is 1. The van der Waals surface area contributed by atoms with Crippen molar-refractivity contribution in [2.75, 3.05) is 0 Å². The molecule has 0 radical (unpaired) electrons. The van der Waals surface area contributed by atoms with E-state index in [0.29, 0.717) is 11.1 Å². The van der Waals surface area contributed by atoms with E-state index in [1.54, 1.807) is 25.1 Å². The van der Waals surface area contributed by atoms with Gasteiger partial charge in [-0.25, -0.2) is 13.2 Å². The Morgan fingerprint density at radius 3 is 2.47 bits per heavy atom. The molecule has 3 nitrogen and oxygen atoms in total. The fourth-order valence-corrected chi connectivity index (χ4v) is 4.43. The summed E-state index contributed by atoms with van der Waals surface area (Å²) in [6, 6.07) is 9.19. The van der Waals surface area contributed by atoms with Crippen LogP contribution in [0.15, 0.2) is 58.7 Å². The third kappa shape index (κ3) is 8.10. The molecule has 0 saturated heterocycles. The normalized spacial score (nSPS) is 13.2. The largest absolute Gasteiger partial charge is 0.358 e. The zero-order valence-electron chi connectivity index (χ0n) is 22.9. The number of aromatic nitrogens is 1. The molecule has 0 bridgehead atoms. The lowest BCUT2D eigenvalue weighted by Crippen LogP contribution is -2.04. The molecular weight excluding hydrogens is 507 g/mol. The van der Waals surface area contributed by atoms with Gasteiger partial charge in [-0.05, 0) is 75.4 Å². The third-order valence-corrected chi connectivity index (χ3v) is 6.38. The van der Waals surface area contributed by atoms with Gasteiger partial charge < -0.3 is 4.98 Å². The molecule has 3 aromatic rings. The van der Waals surface area contributed by atoms with Crippen LogP contribution in [0.2, 0.25) is 5.02 Å². The van der Waals surface area contributed by atoms with Crippen molar-refractivity contribution in [3.63, 3.8) is 0 Å². The van der Waals surface area contributed by atoms with Crippen molar-refractivity contribution in [3.05, 3.63) is 93.0 Å². The molecule has 0 saturated carbocycles. The maximum Gasteiger partial charge on any atom is 0.162 e. The topological polar surface area (TPSA) is 51.9 Å². The number of H-pyrrole nitrogens is 1. The minimum Gasteiger partial charge on any atom is -0.358 e. The van der Waals surface area contributed by atoms with Gasteiger partial charge in [0.15, 0.2) is 11.6 Å². The Hall–Kier alpha value is -3.30. The van der Waals surface area contributed by atoms with E-state index < -0.39 is 23.4 Å². The van der Waals surface area contributed by atoms with Crippen molar-refractivity contribution >= 4 is 28.2 Å². The van der Waals surface area contributed by atoms with Gasteiger partial charge in [0.05, 0.1) is 11.1 Å². The summed E-state index contributed by atoms with van der Waals surface area (Å²) in [4.78, 5) is 7.50. The molecule has 38 heavy (non-hydrogen) atoms. The Morgan fingerprint density at radius 1 is 1.13 bits per heavy atom. The van der Waals surface area contributed by atoms with Gasteiger partial charge in [0.2, 0.25) is 0 Å². The Balaban J connectivity index is 0.000000332. The van der Waals surface area contributed by atoms with Crippen LogP contribution in [-0.4, -0.2) is 10.7 Å². The monoisotopic (exact) mass is 541 g/mol. The number of hydrogen-bond donors (Lipinski definition) is 1. The second-order valence-electron chi connectivity index (χ2n) is 9.24. The molecule has 0 amide bonds. The van der Waals surface area contributed by atoms with E-state index in [1.807, 2.05) is 20.8 Å². The summed E-state index contributed by atoms with van der Waals surface area (Å²) in [5, 5.41) is 9.42. The van der Waals surface area contributed by atoms with Crippen LogP contribution >= 0.6 is 11.6 Å². The van der Waals surface area contributed by atoms with E-state index in [1.165, 1.54) is 12.1 Å². The fourth-order valence-electron chi connectivity index (χ4n) is 4.27. The van der Waals surface area contributed by atoms with Crippen LogP contribution in [0, 0.1) is 28.8 Å². The van der Waals surface area contributed by atoms with E-state index in [0.717, 1.165) is 59.8 Å². The number of nitrogens with one attached hydrogen (secondary N) is 1. The highest BCUT2D eigenvalue weighted by atomic mass is 35.5. The first kappa shape index (κ1) is 30.9. The van der Waals surface area contributed by atoms with Crippen LogP contribution in [0.1, 0.15) is 83.5 Å². The number of halogens is 4. The summed E-state index contributed by atoms with van der Waals surface area (Å²) >= 11 is 5.95. The van der Waals surface area contributed by atoms with Crippen molar-refractivity contribution in [2.24, 2.45) is 4.99 Å². The number of unbranched alkanes of at least 4 members (excludes halogenated alkanes) is 1. The van der Waals surface area contributed by atoms with Crippen molar-refractivity contribution in [3.8, 4) is 6.07 Å². The Kier molecular flexibility index (Phi) is 11.9. The Morgan fingerprint density at radius 2 is 1.84 bits per heavy atom. The van der Waals surface area contributed by atoms with Crippen LogP contribution < -0.4 is 0 Å². The van der Waals surface area contributed by atoms with Gasteiger partial charge in [0, 0.05) is 39.5 Å². The molecule has 1 atom stereocenters. The first-order valence-electron chi connectivity index (χ1n) is 12.8. The van der Waals surface area contributed by atoms with Crippen LogP contribution in [-0.2, 0) is 6.42 Å². The maximum atomic E-state index is 14.2. The molecule has 1 heterocycles. The fraction of sp³-hybridized carbons (Fsp3) is 0.355. The van der Waals surface area contributed by atoms with Gasteiger partial charge in [0.25, 0.3) is 0 Å². The number of benzene rings is 2. The Bertz CT molecular complexity index is 1390. The minimum atomic E-state index is -0.871. The lowest BCUT2D eigenvalue weighted by atomic mass is 9.92. The predicted molar refractivity (Wildman–Crippen MR) is 152 cm³/mol. The summed E-state index contributed by atoms with van der Waals surface area (Å²) in [7, 11) is 0. The molecule has 3 rings (SSSR count). The number of rotatable bonds is 8. The van der Waals surface area contributed by atoms with Crippen molar-refractivity contribution in [1.82, 2.24) is 4.98 Å². The average Bonchev–Trinajstić information content (AvgIpc) is 3.21. The number of aliphatic imine (C=N–C) groups is 1. The number of fused-ring (bicyclic) bond motifs is 1. The molecule has 2 aromatic carbocycles. The predicted octanol–water partition coefficient (Wildman–Crippen LogP) is 9.96. The third-order valence-electron chi connectivity index (χ3n) is 6.10. The molecule has 1 unspecified atom stereocenters. The highest BCUT2D eigenvalue weighted by Crippen LogP contribution is 2.36. The van der Waals surface area contributed by atoms with Crippen molar-refractivity contribution < 1.29 is 13.2 Å². The minimum absolute atomic E-state index is 0.0559. The van der Waals surface area contributed by atoms with Crippen LogP contribution in [0.25, 0.3) is 10.9 Å². The molecule has 0 fully saturated rings.